The van der Waals surface area contributed by atoms with Gasteiger partial charge < -0.3 is 15.0 Å². The highest BCUT2D eigenvalue weighted by Crippen LogP contribution is 2.32. The van der Waals surface area contributed by atoms with E-state index in [1.165, 1.54) is 0 Å². The van der Waals surface area contributed by atoms with Crippen LogP contribution in [0.25, 0.3) is 0 Å². The van der Waals surface area contributed by atoms with Crippen molar-refractivity contribution in [2.45, 2.75) is 11.3 Å². The average molecular weight is 404 g/mol. The lowest BCUT2D eigenvalue weighted by molar-refractivity contribution is -0.115. The molecule has 0 bridgehead atoms. The third kappa shape index (κ3) is 4.43. The summed E-state index contributed by atoms with van der Waals surface area (Å²) in [5.74, 6) is 2.03. The zero-order valence-electron chi connectivity index (χ0n) is 15.9. The van der Waals surface area contributed by atoms with Gasteiger partial charge in [0.15, 0.2) is 0 Å². The number of benzene rings is 3. The number of fused-ring (bicyclic) bond motifs is 1. The Labute approximate surface area is 173 Å². The van der Waals surface area contributed by atoms with Crippen molar-refractivity contribution in [3.8, 4) is 11.5 Å². The van der Waals surface area contributed by atoms with Crippen molar-refractivity contribution in [1.82, 2.24) is 0 Å². The maximum absolute atomic E-state index is 12.9. The van der Waals surface area contributed by atoms with Crippen molar-refractivity contribution in [3.63, 3.8) is 0 Å². The van der Waals surface area contributed by atoms with Gasteiger partial charge in [0.1, 0.15) is 11.5 Å². The number of thioether (sulfide) groups is 1. The third-order valence-corrected chi connectivity index (χ3v) is 5.67. The SMILES string of the molecule is CN(C(=O)c1ccc2c(c1)NC(=O)CCS2)c1ccc(Oc2ccccc2)cc1. The number of amides is 2. The summed E-state index contributed by atoms with van der Waals surface area (Å²) in [6.07, 6.45) is 0.472. The first-order chi connectivity index (χ1) is 14.1. The van der Waals surface area contributed by atoms with Gasteiger partial charge in [-0.25, -0.2) is 0 Å². The molecule has 1 aliphatic rings. The molecule has 146 valence electrons. The second-order valence-corrected chi connectivity index (χ2v) is 7.77. The fourth-order valence-corrected chi connectivity index (χ4v) is 3.96. The van der Waals surface area contributed by atoms with E-state index in [-0.39, 0.29) is 11.8 Å². The first kappa shape index (κ1) is 19.1. The number of nitrogens with zero attached hydrogens (tertiary/aromatic N) is 1. The van der Waals surface area contributed by atoms with E-state index in [0.29, 0.717) is 23.4 Å². The molecular formula is C23H20N2O3S. The van der Waals surface area contributed by atoms with E-state index >= 15 is 0 Å². The van der Waals surface area contributed by atoms with Crippen LogP contribution in [0, 0.1) is 0 Å². The number of rotatable bonds is 4. The molecule has 1 N–H and O–H groups in total. The van der Waals surface area contributed by atoms with Gasteiger partial charge in [-0.1, -0.05) is 18.2 Å². The Hall–Kier alpha value is -3.25. The summed E-state index contributed by atoms with van der Waals surface area (Å²) in [5, 5.41) is 2.88. The summed E-state index contributed by atoms with van der Waals surface area (Å²) in [4.78, 5) is 27.3. The standard InChI is InChI=1S/C23H20N2O3S/c1-25(17-8-10-19(11-9-17)28-18-5-3-2-4-6-18)23(27)16-7-12-21-20(15-16)24-22(26)13-14-29-21/h2-12,15H,13-14H2,1H3,(H,24,26). The van der Waals surface area contributed by atoms with Gasteiger partial charge in [0.05, 0.1) is 5.69 Å². The van der Waals surface area contributed by atoms with Crippen LogP contribution in [0.3, 0.4) is 0 Å². The van der Waals surface area contributed by atoms with Crippen LogP contribution in [0.15, 0.2) is 77.7 Å². The fraction of sp³-hybridized carbons (Fsp3) is 0.130. The smallest absolute Gasteiger partial charge is 0.258 e. The largest absolute Gasteiger partial charge is 0.457 e. The molecule has 0 fully saturated rings. The van der Waals surface area contributed by atoms with E-state index in [1.54, 1.807) is 35.8 Å². The van der Waals surface area contributed by atoms with E-state index in [1.807, 2.05) is 60.7 Å². The number of carbonyl (C=O) groups excluding carboxylic acids is 2. The molecule has 0 aliphatic carbocycles. The Morgan fingerprint density at radius 2 is 1.72 bits per heavy atom. The van der Waals surface area contributed by atoms with Gasteiger partial charge in [-0.2, -0.15) is 0 Å². The lowest BCUT2D eigenvalue weighted by Gasteiger charge is -2.19. The van der Waals surface area contributed by atoms with E-state index in [9.17, 15) is 9.59 Å². The molecule has 3 aromatic rings. The van der Waals surface area contributed by atoms with Gasteiger partial charge in [0, 0.05) is 35.4 Å². The molecule has 0 radical (unpaired) electrons. The maximum Gasteiger partial charge on any atom is 0.258 e. The van der Waals surface area contributed by atoms with Crippen LogP contribution in [-0.4, -0.2) is 24.6 Å². The van der Waals surface area contributed by atoms with Crippen LogP contribution < -0.4 is 15.0 Å². The van der Waals surface area contributed by atoms with Gasteiger partial charge in [0.2, 0.25) is 5.91 Å². The minimum absolute atomic E-state index is 0.0248. The summed E-state index contributed by atoms with van der Waals surface area (Å²) in [7, 11) is 1.73. The van der Waals surface area contributed by atoms with Gasteiger partial charge in [-0.3, -0.25) is 9.59 Å². The predicted octanol–water partition coefficient (Wildman–Crippen LogP) is 5.19. The highest BCUT2D eigenvalue weighted by Gasteiger charge is 2.18. The number of para-hydroxylation sites is 1. The Morgan fingerprint density at radius 3 is 2.48 bits per heavy atom. The molecule has 0 spiro atoms. The minimum Gasteiger partial charge on any atom is -0.457 e. The van der Waals surface area contributed by atoms with Crippen LogP contribution in [0.2, 0.25) is 0 Å². The van der Waals surface area contributed by atoms with Crippen LogP contribution in [0.4, 0.5) is 11.4 Å². The quantitative estimate of drug-likeness (QED) is 0.650. The second kappa shape index (κ2) is 8.41. The zero-order chi connectivity index (χ0) is 20.2. The molecule has 6 heteroatoms. The van der Waals surface area contributed by atoms with Crippen LogP contribution in [-0.2, 0) is 4.79 Å². The first-order valence-electron chi connectivity index (χ1n) is 9.28. The van der Waals surface area contributed by atoms with Crippen LogP contribution >= 0.6 is 11.8 Å². The Kier molecular flexibility index (Phi) is 5.53. The number of nitrogens with one attached hydrogen (secondary N) is 1. The molecule has 0 saturated heterocycles. The van der Waals surface area contributed by atoms with Crippen molar-refractivity contribution in [2.24, 2.45) is 0 Å². The van der Waals surface area contributed by atoms with E-state index < -0.39 is 0 Å². The molecule has 0 saturated carbocycles. The van der Waals surface area contributed by atoms with Crippen molar-refractivity contribution in [1.29, 1.82) is 0 Å². The Morgan fingerprint density at radius 1 is 1.00 bits per heavy atom. The average Bonchev–Trinajstić information content (AvgIpc) is 2.94. The number of anilines is 2. The predicted molar refractivity (Wildman–Crippen MR) is 116 cm³/mol. The molecule has 5 nitrogen and oxygen atoms in total. The molecule has 0 atom stereocenters. The lowest BCUT2D eigenvalue weighted by atomic mass is 10.1. The van der Waals surface area contributed by atoms with Crippen molar-refractivity contribution in [2.75, 3.05) is 23.0 Å². The van der Waals surface area contributed by atoms with Crippen LogP contribution in [0.5, 0.6) is 11.5 Å². The van der Waals surface area contributed by atoms with E-state index in [4.69, 9.17) is 4.74 Å². The Bertz CT molecular complexity index is 1040. The lowest BCUT2D eigenvalue weighted by Crippen LogP contribution is -2.26. The van der Waals surface area contributed by atoms with Gasteiger partial charge in [-0.05, 0) is 54.6 Å². The van der Waals surface area contributed by atoms with Crippen LogP contribution in [0.1, 0.15) is 16.8 Å². The first-order valence-corrected chi connectivity index (χ1v) is 10.3. The van der Waals surface area contributed by atoms with Crippen molar-refractivity contribution in [3.05, 3.63) is 78.4 Å². The summed E-state index contributed by atoms with van der Waals surface area (Å²) < 4.78 is 5.80. The summed E-state index contributed by atoms with van der Waals surface area (Å²) in [6.45, 7) is 0. The molecule has 1 heterocycles. The van der Waals surface area contributed by atoms with Crippen molar-refractivity contribution < 1.29 is 14.3 Å². The normalized spacial score (nSPS) is 13.1. The minimum atomic E-state index is -0.145. The summed E-state index contributed by atoms with van der Waals surface area (Å²) in [5.41, 5.74) is 1.98. The number of carbonyl (C=O) groups is 2. The maximum atomic E-state index is 12.9. The fourth-order valence-electron chi connectivity index (χ4n) is 3.03. The second-order valence-electron chi connectivity index (χ2n) is 6.63. The topological polar surface area (TPSA) is 58.6 Å². The summed E-state index contributed by atoms with van der Waals surface area (Å²) in [6, 6.07) is 22.3. The molecule has 0 unspecified atom stereocenters. The number of hydrogen-bond donors (Lipinski definition) is 1. The molecular weight excluding hydrogens is 384 g/mol. The molecule has 1 aliphatic heterocycles. The monoisotopic (exact) mass is 404 g/mol. The van der Waals surface area contributed by atoms with Crippen molar-refractivity contribution >= 4 is 35.0 Å². The molecule has 29 heavy (non-hydrogen) atoms. The Balaban J connectivity index is 1.50. The molecule has 2 amide bonds. The summed E-state index contributed by atoms with van der Waals surface area (Å²) >= 11 is 1.62. The number of hydrogen-bond acceptors (Lipinski definition) is 4. The molecule has 3 aromatic carbocycles. The highest BCUT2D eigenvalue weighted by molar-refractivity contribution is 7.99. The van der Waals surface area contributed by atoms with E-state index in [0.717, 1.165) is 22.1 Å². The van der Waals surface area contributed by atoms with E-state index in [2.05, 4.69) is 5.32 Å². The number of ether oxygens (including phenoxy) is 1. The molecule has 4 rings (SSSR count). The zero-order valence-corrected chi connectivity index (χ0v) is 16.7. The van der Waals surface area contributed by atoms with Gasteiger partial charge >= 0.3 is 0 Å². The molecule has 0 aromatic heterocycles. The highest BCUT2D eigenvalue weighted by atomic mass is 32.2. The third-order valence-electron chi connectivity index (χ3n) is 4.59. The van der Waals surface area contributed by atoms with Gasteiger partial charge in [0.25, 0.3) is 5.91 Å². The van der Waals surface area contributed by atoms with Gasteiger partial charge in [-0.15, -0.1) is 11.8 Å².